The Morgan fingerprint density at radius 1 is 1.56 bits per heavy atom. The van der Waals surface area contributed by atoms with Crippen LogP contribution in [-0.4, -0.2) is 14.9 Å². The third-order valence-electron chi connectivity index (χ3n) is 2.18. The Hall–Kier alpha value is -0.690. The average molecular weight is 306 g/mol. The summed E-state index contributed by atoms with van der Waals surface area (Å²) in [6.07, 6.45) is 0.908. The van der Waals surface area contributed by atoms with Crippen molar-refractivity contribution in [3.05, 3.63) is 15.9 Å². The van der Waals surface area contributed by atoms with Crippen molar-refractivity contribution in [2.75, 3.05) is 0 Å². The van der Waals surface area contributed by atoms with Crippen molar-refractivity contribution in [1.82, 2.24) is 9.78 Å². The van der Waals surface area contributed by atoms with Crippen molar-refractivity contribution in [3.63, 3.8) is 0 Å². The molecule has 4 N–H and O–H groups in total. The number of hydrazone groups is 1. The van der Waals surface area contributed by atoms with Crippen LogP contribution in [-0.2, 0) is 18.7 Å². The van der Waals surface area contributed by atoms with Gasteiger partial charge in [0.15, 0.2) is 5.17 Å². The highest BCUT2D eigenvalue weighted by molar-refractivity contribution is 9.10. The third-order valence-corrected chi connectivity index (χ3v) is 3.91. The largest absolute Gasteiger partial charge is 0.377 e. The highest BCUT2D eigenvalue weighted by Crippen LogP contribution is 2.25. The van der Waals surface area contributed by atoms with E-state index >= 15 is 0 Å². The van der Waals surface area contributed by atoms with Crippen LogP contribution in [0.2, 0.25) is 0 Å². The van der Waals surface area contributed by atoms with E-state index in [1.54, 1.807) is 0 Å². The number of amidine groups is 1. The van der Waals surface area contributed by atoms with Crippen LogP contribution in [0.5, 0.6) is 0 Å². The second-order valence-electron chi connectivity index (χ2n) is 3.13. The molecule has 0 saturated carbocycles. The van der Waals surface area contributed by atoms with E-state index in [-0.39, 0.29) is 0 Å². The molecule has 0 aliphatic carbocycles. The molecule has 0 unspecified atom stereocenters. The molecule has 7 heteroatoms. The van der Waals surface area contributed by atoms with Gasteiger partial charge >= 0.3 is 0 Å². The lowest BCUT2D eigenvalue weighted by molar-refractivity contribution is 0.628. The monoisotopic (exact) mass is 305 g/mol. The lowest BCUT2D eigenvalue weighted by Crippen LogP contribution is -2.10. The van der Waals surface area contributed by atoms with Gasteiger partial charge in [0.05, 0.1) is 15.9 Å². The van der Waals surface area contributed by atoms with Crippen LogP contribution in [0, 0.1) is 0 Å². The fourth-order valence-electron chi connectivity index (χ4n) is 1.33. The molecule has 0 aromatic carbocycles. The Bertz CT molecular complexity index is 387. The van der Waals surface area contributed by atoms with Gasteiger partial charge in [0.2, 0.25) is 0 Å². The van der Waals surface area contributed by atoms with Gasteiger partial charge in [0.25, 0.3) is 0 Å². The summed E-state index contributed by atoms with van der Waals surface area (Å²) in [6.45, 7) is 4.99. The van der Waals surface area contributed by atoms with E-state index in [1.165, 1.54) is 11.8 Å². The average Bonchev–Trinajstić information content (AvgIpc) is 2.62. The molecule has 0 aliphatic heterocycles. The maximum atomic E-state index is 5.54. The normalized spacial score (nSPS) is 12.1. The number of hydrogen-bond donors (Lipinski definition) is 2. The van der Waals surface area contributed by atoms with Crippen LogP contribution < -0.4 is 11.6 Å². The van der Waals surface area contributed by atoms with Gasteiger partial charge in [-0.2, -0.15) is 10.2 Å². The molecule has 16 heavy (non-hydrogen) atoms. The molecule has 0 bridgehead atoms. The molecule has 0 fully saturated rings. The van der Waals surface area contributed by atoms with E-state index in [4.69, 9.17) is 11.6 Å². The molecule has 0 aliphatic rings. The second-order valence-corrected chi connectivity index (χ2v) is 4.92. The second kappa shape index (κ2) is 6.15. The molecule has 0 amide bonds. The molecule has 90 valence electrons. The zero-order chi connectivity index (χ0) is 12.1. The highest BCUT2D eigenvalue weighted by Gasteiger charge is 2.14. The van der Waals surface area contributed by atoms with Gasteiger partial charge in [-0.25, -0.2) is 0 Å². The Morgan fingerprint density at radius 3 is 2.75 bits per heavy atom. The number of hydrogen-bond acceptors (Lipinski definition) is 4. The molecule has 0 saturated heterocycles. The van der Waals surface area contributed by atoms with Crippen molar-refractivity contribution in [2.45, 2.75) is 32.6 Å². The predicted octanol–water partition coefficient (Wildman–Crippen LogP) is 1.65. The quantitative estimate of drug-likeness (QED) is 0.383. The molecule has 1 heterocycles. The van der Waals surface area contributed by atoms with Gasteiger partial charge in [-0.05, 0) is 29.3 Å². The first-order valence-electron chi connectivity index (χ1n) is 5.04. The van der Waals surface area contributed by atoms with Gasteiger partial charge < -0.3 is 11.6 Å². The Labute approximate surface area is 108 Å². The van der Waals surface area contributed by atoms with Gasteiger partial charge in [0, 0.05) is 12.3 Å². The van der Waals surface area contributed by atoms with E-state index in [0.717, 1.165) is 28.8 Å². The van der Waals surface area contributed by atoms with Crippen molar-refractivity contribution in [2.24, 2.45) is 16.7 Å². The van der Waals surface area contributed by atoms with Crippen molar-refractivity contribution in [3.8, 4) is 0 Å². The fourth-order valence-corrected chi connectivity index (χ4v) is 2.88. The number of aryl methyl sites for hydroxylation is 2. The van der Waals surface area contributed by atoms with Crippen LogP contribution in [0.4, 0.5) is 0 Å². The molecule has 5 nitrogen and oxygen atoms in total. The van der Waals surface area contributed by atoms with Crippen molar-refractivity contribution in [1.29, 1.82) is 0 Å². The van der Waals surface area contributed by atoms with Crippen LogP contribution in [0.3, 0.4) is 0 Å². The highest BCUT2D eigenvalue weighted by atomic mass is 79.9. The minimum absolute atomic E-state index is 0.383. The van der Waals surface area contributed by atoms with E-state index < -0.39 is 0 Å². The number of nitrogens with zero attached hydrogens (tertiary/aromatic N) is 3. The van der Waals surface area contributed by atoms with E-state index in [2.05, 4.69) is 40.0 Å². The summed E-state index contributed by atoms with van der Waals surface area (Å²) < 4.78 is 3.04. The summed E-state index contributed by atoms with van der Waals surface area (Å²) in [4.78, 5) is 0. The lowest BCUT2D eigenvalue weighted by Gasteiger charge is -2.04. The fraction of sp³-hybridized carbons (Fsp3) is 0.556. The van der Waals surface area contributed by atoms with Gasteiger partial charge in [-0.1, -0.05) is 18.7 Å². The molecule has 0 spiro atoms. The topological polar surface area (TPSA) is 82.2 Å². The molecule has 0 radical (unpaired) electrons. The number of thioether (sulfide) groups is 1. The van der Waals surface area contributed by atoms with Gasteiger partial charge in [-0.15, -0.1) is 0 Å². The van der Waals surface area contributed by atoms with E-state index in [0.29, 0.717) is 10.9 Å². The summed E-state index contributed by atoms with van der Waals surface area (Å²) in [5.74, 6) is 5.80. The minimum atomic E-state index is 0.383. The number of halogens is 1. The van der Waals surface area contributed by atoms with Crippen molar-refractivity contribution < 1.29 is 0 Å². The molecule has 1 rings (SSSR count). The van der Waals surface area contributed by atoms with Gasteiger partial charge in [-0.3, -0.25) is 4.68 Å². The lowest BCUT2D eigenvalue weighted by atomic mass is 10.3. The number of nitrogens with two attached hydrogens (primary N) is 2. The Balaban J connectivity index is 2.89. The Kier molecular flexibility index (Phi) is 5.14. The molecule has 1 aromatic heterocycles. The Morgan fingerprint density at radius 2 is 2.25 bits per heavy atom. The molecular weight excluding hydrogens is 290 g/mol. The van der Waals surface area contributed by atoms with Crippen LogP contribution in [0.1, 0.15) is 25.2 Å². The van der Waals surface area contributed by atoms with E-state index in [9.17, 15) is 0 Å². The maximum Gasteiger partial charge on any atom is 0.177 e. The minimum Gasteiger partial charge on any atom is -0.377 e. The molecular formula is C9H16BrN5S. The summed E-state index contributed by atoms with van der Waals surface area (Å²) >= 11 is 4.98. The zero-order valence-corrected chi connectivity index (χ0v) is 11.8. The molecule has 1 aromatic rings. The van der Waals surface area contributed by atoms with E-state index in [1.807, 2.05) is 4.68 Å². The zero-order valence-electron chi connectivity index (χ0n) is 9.40. The first-order chi connectivity index (χ1) is 7.63. The number of aromatic nitrogens is 2. The summed E-state index contributed by atoms with van der Waals surface area (Å²) in [7, 11) is 0. The maximum absolute atomic E-state index is 5.54. The SMILES string of the molecule is CCc1nn(CC)c(CSC(N)=NN)c1Br. The van der Waals surface area contributed by atoms with Crippen LogP contribution in [0.25, 0.3) is 0 Å². The van der Waals surface area contributed by atoms with Crippen LogP contribution in [0.15, 0.2) is 9.57 Å². The first kappa shape index (κ1) is 13.4. The first-order valence-corrected chi connectivity index (χ1v) is 6.82. The predicted molar refractivity (Wildman–Crippen MR) is 72.1 cm³/mol. The summed E-state index contributed by atoms with van der Waals surface area (Å²) in [6, 6.07) is 0. The summed E-state index contributed by atoms with van der Waals surface area (Å²) in [5, 5.41) is 8.31. The molecule has 0 atom stereocenters. The summed E-state index contributed by atoms with van der Waals surface area (Å²) in [5.41, 5.74) is 7.74. The smallest absolute Gasteiger partial charge is 0.177 e. The van der Waals surface area contributed by atoms with Gasteiger partial charge in [0.1, 0.15) is 0 Å². The third kappa shape index (κ3) is 2.91. The number of rotatable bonds is 4. The van der Waals surface area contributed by atoms with Crippen LogP contribution >= 0.6 is 27.7 Å². The standard InChI is InChI=1S/C9H16BrN5S/c1-3-6-8(10)7(15(4-2)14-6)5-16-9(11)13-12/h3-5,12H2,1-2H3,(H2,11,13). The van der Waals surface area contributed by atoms with Crippen molar-refractivity contribution >= 4 is 32.9 Å².